The lowest BCUT2D eigenvalue weighted by Gasteiger charge is -2.06. The molecule has 0 aliphatic rings. The van der Waals surface area contributed by atoms with Crippen LogP contribution in [0.5, 0.6) is 0 Å². The minimum absolute atomic E-state index is 0.292. The van der Waals surface area contributed by atoms with Gasteiger partial charge in [-0.05, 0) is 12.1 Å². The van der Waals surface area contributed by atoms with E-state index >= 15 is 0 Å². The summed E-state index contributed by atoms with van der Waals surface area (Å²) < 4.78 is 69.0. The van der Waals surface area contributed by atoms with Crippen LogP contribution in [0, 0.1) is 0 Å². The van der Waals surface area contributed by atoms with Crippen LogP contribution in [-0.4, -0.2) is 20.0 Å². The van der Waals surface area contributed by atoms with Crippen molar-refractivity contribution in [3.63, 3.8) is 0 Å². The Hall–Kier alpha value is -1.44. The van der Waals surface area contributed by atoms with Gasteiger partial charge in [0.15, 0.2) is 5.78 Å². The number of alkyl halides is 3. The standard InChI is InChI=1S/C9H6F4O3S/c10-9(11,12)7-3-1-6(2-4-7)8(14)5-17(13,15)16/h1-4H,5H2. The molecule has 0 saturated carbocycles. The van der Waals surface area contributed by atoms with E-state index in [4.69, 9.17) is 0 Å². The molecule has 0 radical (unpaired) electrons. The molecule has 0 spiro atoms. The Kier molecular flexibility index (Phi) is 3.56. The summed E-state index contributed by atoms with van der Waals surface area (Å²) in [6.07, 6.45) is -4.55. The van der Waals surface area contributed by atoms with Gasteiger partial charge in [0, 0.05) is 5.56 Å². The first-order valence-corrected chi connectivity index (χ1v) is 5.77. The average molecular weight is 270 g/mol. The third kappa shape index (κ3) is 4.14. The molecule has 0 aliphatic heterocycles. The van der Waals surface area contributed by atoms with E-state index < -0.39 is 33.5 Å². The van der Waals surface area contributed by atoms with Crippen molar-refractivity contribution in [1.82, 2.24) is 0 Å². The third-order valence-electron chi connectivity index (χ3n) is 1.84. The van der Waals surface area contributed by atoms with E-state index in [-0.39, 0.29) is 5.56 Å². The van der Waals surface area contributed by atoms with Gasteiger partial charge in [0.1, 0.15) is 5.75 Å². The van der Waals surface area contributed by atoms with Crippen LogP contribution < -0.4 is 0 Å². The summed E-state index contributed by atoms with van der Waals surface area (Å²) in [5, 5.41) is 0. The molecular formula is C9H6F4O3S. The van der Waals surface area contributed by atoms with Gasteiger partial charge in [-0.2, -0.15) is 21.6 Å². The van der Waals surface area contributed by atoms with Gasteiger partial charge < -0.3 is 0 Å². The first kappa shape index (κ1) is 13.6. The number of carbonyl (C=O) groups is 1. The van der Waals surface area contributed by atoms with Gasteiger partial charge in [0.25, 0.3) is 0 Å². The van der Waals surface area contributed by atoms with E-state index in [2.05, 4.69) is 0 Å². The van der Waals surface area contributed by atoms with Crippen LogP contribution in [0.15, 0.2) is 24.3 Å². The maximum Gasteiger partial charge on any atom is 0.416 e. The lowest BCUT2D eigenvalue weighted by Crippen LogP contribution is -2.12. The largest absolute Gasteiger partial charge is 0.416 e. The number of hydrogen-bond acceptors (Lipinski definition) is 3. The van der Waals surface area contributed by atoms with Crippen molar-refractivity contribution in [3.05, 3.63) is 35.4 Å². The Balaban J connectivity index is 2.93. The predicted octanol–water partition coefficient (Wildman–Crippen LogP) is 2.19. The molecule has 0 bridgehead atoms. The topological polar surface area (TPSA) is 51.2 Å². The first-order chi connectivity index (χ1) is 7.59. The Morgan fingerprint density at radius 2 is 1.59 bits per heavy atom. The highest BCUT2D eigenvalue weighted by Gasteiger charge is 2.30. The molecule has 17 heavy (non-hydrogen) atoms. The molecule has 0 N–H and O–H groups in total. The van der Waals surface area contributed by atoms with Gasteiger partial charge in [-0.3, -0.25) is 4.79 Å². The number of halogens is 4. The number of carbonyl (C=O) groups excluding carboxylic acids is 1. The van der Waals surface area contributed by atoms with E-state index in [0.717, 1.165) is 12.1 Å². The first-order valence-electron chi connectivity index (χ1n) is 4.22. The Labute approximate surface area is 94.3 Å². The van der Waals surface area contributed by atoms with E-state index in [0.29, 0.717) is 12.1 Å². The molecule has 0 aliphatic carbocycles. The van der Waals surface area contributed by atoms with Crippen molar-refractivity contribution in [2.24, 2.45) is 0 Å². The van der Waals surface area contributed by atoms with Gasteiger partial charge in [-0.15, -0.1) is 3.89 Å². The van der Waals surface area contributed by atoms with Crippen molar-refractivity contribution in [1.29, 1.82) is 0 Å². The summed E-state index contributed by atoms with van der Waals surface area (Å²) in [6.45, 7) is 0. The summed E-state index contributed by atoms with van der Waals surface area (Å²) in [7, 11) is -4.98. The highest BCUT2D eigenvalue weighted by molar-refractivity contribution is 7.87. The minimum atomic E-state index is -4.98. The van der Waals surface area contributed by atoms with Crippen molar-refractivity contribution < 1.29 is 30.3 Å². The highest BCUT2D eigenvalue weighted by atomic mass is 32.3. The maximum absolute atomic E-state index is 12.2. The summed E-state index contributed by atoms with van der Waals surface area (Å²) in [4.78, 5) is 11.1. The fourth-order valence-electron chi connectivity index (χ4n) is 1.09. The highest BCUT2D eigenvalue weighted by Crippen LogP contribution is 2.29. The van der Waals surface area contributed by atoms with E-state index in [1.807, 2.05) is 0 Å². The normalized spacial score (nSPS) is 12.5. The number of ketones is 1. The summed E-state index contributed by atoms with van der Waals surface area (Å²) >= 11 is 0. The van der Waals surface area contributed by atoms with Crippen LogP contribution >= 0.6 is 0 Å². The predicted molar refractivity (Wildman–Crippen MR) is 50.7 cm³/mol. The second-order valence-corrected chi connectivity index (χ2v) is 4.55. The number of benzene rings is 1. The zero-order chi connectivity index (χ0) is 13.3. The van der Waals surface area contributed by atoms with Crippen LogP contribution in [0.3, 0.4) is 0 Å². The van der Waals surface area contributed by atoms with Crippen LogP contribution in [0.25, 0.3) is 0 Å². The molecule has 1 aromatic rings. The molecule has 0 heterocycles. The quantitative estimate of drug-likeness (QED) is 0.480. The SMILES string of the molecule is O=C(CS(=O)(=O)F)c1ccc(C(F)(F)F)cc1. The molecule has 0 aromatic heterocycles. The lowest BCUT2D eigenvalue weighted by molar-refractivity contribution is -0.137. The van der Waals surface area contributed by atoms with E-state index in [9.17, 15) is 30.3 Å². The summed E-state index contributed by atoms with van der Waals surface area (Å²) in [6, 6.07) is 2.85. The van der Waals surface area contributed by atoms with Crippen LogP contribution in [0.4, 0.5) is 17.1 Å². The third-order valence-corrected chi connectivity index (χ3v) is 2.44. The zero-order valence-electron chi connectivity index (χ0n) is 8.16. The monoisotopic (exact) mass is 270 g/mol. The molecule has 3 nitrogen and oxygen atoms in total. The maximum atomic E-state index is 12.2. The zero-order valence-corrected chi connectivity index (χ0v) is 8.98. The van der Waals surface area contributed by atoms with Gasteiger partial charge >= 0.3 is 16.4 Å². The van der Waals surface area contributed by atoms with Crippen molar-refractivity contribution in [2.75, 3.05) is 5.75 Å². The molecule has 0 amide bonds. The van der Waals surface area contributed by atoms with Crippen LogP contribution in [-0.2, 0) is 16.4 Å². The Bertz CT molecular complexity index is 516. The number of rotatable bonds is 3. The molecular weight excluding hydrogens is 264 g/mol. The second kappa shape index (κ2) is 4.44. The number of Topliss-reactive ketones (excluding diaryl/α,β-unsaturated/α-hetero) is 1. The van der Waals surface area contributed by atoms with Crippen molar-refractivity contribution in [3.8, 4) is 0 Å². The molecule has 0 unspecified atom stereocenters. The molecule has 1 aromatic carbocycles. The molecule has 94 valence electrons. The van der Waals surface area contributed by atoms with Gasteiger partial charge in [-0.1, -0.05) is 12.1 Å². The van der Waals surface area contributed by atoms with Crippen molar-refractivity contribution >= 4 is 16.0 Å². The molecule has 8 heteroatoms. The molecule has 0 fully saturated rings. The number of hydrogen-bond donors (Lipinski definition) is 0. The fraction of sp³-hybridized carbons (Fsp3) is 0.222. The Morgan fingerprint density at radius 3 is 1.94 bits per heavy atom. The smallest absolute Gasteiger partial charge is 0.293 e. The molecule has 0 saturated heterocycles. The average Bonchev–Trinajstić information content (AvgIpc) is 2.14. The molecule has 0 atom stereocenters. The lowest BCUT2D eigenvalue weighted by atomic mass is 10.1. The van der Waals surface area contributed by atoms with Crippen molar-refractivity contribution in [2.45, 2.75) is 6.18 Å². The summed E-state index contributed by atoms with van der Waals surface area (Å²) in [5.74, 6) is -2.47. The van der Waals surface area contributed by atoms with Crippen LogP contribution in [0.2, 0.25) is 0 Å². The second-order valence-electron chi connectivity index (χ2n) is 3.18. The Morgan fingerprint density at radius 1 is 1.12 bits per heavy atom. The van der Waals surface area contributed by atoms with Crippen LogP contribution in [0.1, 0.15) is 15.9 Å². The van der Waals surface area contributed by atoms with Gasteiger partial charge in [-0.25, -0.2) is 0 Å². The van der Waals surface area contributed by atoms with Gasteiger partial charge in [0.05, 0.1) is 5.56 Å². The summed E-state index contributed by atoms with van der Waals surface area (Å²) in [5.41, 5.74) is -1.27. The minimum Gasteiger partial charge on any atom is -0.293 e. The van der Waals surface area contributed by atoms with E-state index in [1.54, 1.807) is 0 Å². The van der Waals surface area contributed by atoms with Gasteiger partial charge in [0.2, 0.25) is 0 Å². The molecule has 1 rings (SSSR count). The van der Waals surface area contributed by atoms with E-state index in [1.165, 1.54) is 0 Å². The fourth-order valence-corrected chi connectivity index (χ4v) is 1.56.